The van der Waals surface area contributed by atoms with E-state index in [1.807, 2.05) is 74.5 Å². The highest BCUT2D eigenvalue weighted by atomic mass is 35.5. The summed E-state index contributed by atoms with van der Waals surface area (Å²) < 4.78 is 0. The summed E-state index contributed by atoms with van der Waals surface area (Å²) in [6.07, 6.45) is 0.378. The Balaban J connectivity index is 1.95. The molecule has 178 valence electrons. The number of nitrogens with one attached hydrogen (secondary N) is 1. The largest absolute Gasteiger partial charge is 0.352 e. The average molecular weight is 516 g/mol. The Morgan fingerprint density at radius 2 is 1.47 bits per heavy atom. The molecule has 0 heterocycles. The van der Waals surface area contributed by atoms with Crippen LogP contribution in [0.4, 0.5) is 0 Å². The van der Waals surface area contributed by atoms with E-state index in [1.165, 1.54) is 11.8 Å². The summed E-state index contributed by atoms with van der Waals surface area (Å²) in [6, 6.07) is 23.9. The average Bonchev–Trinajstić information content (AvgIpc) is 2.82. The smallest absolute Gasteiger partial charge is 0.243 e. The second kappa shape index (κ2) is 12.8. The minimum Gasteiger partial charge on any atom is -0.352 e. The molecular formula is C27H28Cl2N2O2S. The van der Waals surface area contributed by atoms with Gasteiger partial charge in [-0.2, -0.15) is 0 Å². The SMILES string of the molecule is CC(C)NC(=O)C(Cc1ccccc1)N(Cc1c(Cl)cccc1Cl)C(=O)CSc1ccccc1. The normalized spacial score (nSPS) is 11.8. The van der Waals surface area contributed by atoms with Crippen molar-refractivity contribution in [3.05, 3.63) is 100 Å². The van der Waals surface area contributed by atoms with E-state index in [1.54, 1.807) is 23.1 Å². The van der Waals surface area contributed by atoms with Crippen molar-refractivity contribution in [2.75, 3.05) is 5.75 Å². The zero-order chi connectivity index (χ0) is 24.5. The van der Waals surface area contributed by atoms with E-state index in [2.05, 4.69) is 5.32 Å². The number of amides is 2. The zero-order valence-corrected chi connectivity index (χ0v) is 21.5. The summed E-state index contributed by atoms with van der Waals surface area (Å²) in [5.41, 5.74) is 1.59. The number of benzene rings is 3. The van der Waals surface area contributed by atoms with Gasteiger partial charge in [-0.3, -0.25) is 9.59 Å². The van der Waals surface area contributed by atoms with Crippen molar-refractivity contribution in [1.29, 1.82) is 0 Å². The molecule has 1 atom stereocenters. The van der Waals surface area contributed by atoms with E-state index in [0.29, 0.717) is 22.0 Å². The maximum atomic E-state index is 13.6. The second-order valence-corrected chi connectivity index (χ2v) is 10.1. The van der Waals surface area contributed by atoms with Gasteiger partial charge in [0.1, 0.15) is 6.04 Å². The molecule has 0 aliphatic heterocycles. The Morgan fingerprint density at radius 3 is 2.06 bits per heavy atom. The Kier molecular flexibility index (Phi) is 9.87. The van der Waals surface area contributed by atoms with Gasteiger partial charge in [0.2, 0.25) is 11.8 Å². The maximum Gasteiger partial charge on any atom is 0.243 e. The summed E-state index contributed by atoms with van der Waals surface area (Å²) >= 11 is 14.3. The van der Waals surface area contributed by atoms with Gasteiger partial charge in [0, 0.05) is 39.5 Å². The van der Waals surface area contributed by atoms with Crippen LogP contribution in [-0.2, 0) is 22.6 Å². The number of nitrogens with zero attached hydrogens (tertiary/aromatic N) is 1. The number of thioether (sulfide) groups is 1. The number of rotatable bonds is 10. The molecule has 0 aliphatic carbocycles. The first-order valence-electron chi connectivity index (χ1n) is 11.1. The number of carbonyl (C=O) groups is 2. The molecule has 3 aromatic carbocycles. The van der Waals surface area contributed by atoms with Crippen LogP contribution in [0.3, 0.4) is 0 Å². The molecule has 0 saturated heterocycles. The molecule has 0 saturated carbocycles. The van der Waals surface area contributed by atoms with E-state index < -0.39 is 6.04 Å². The summed E-state index contributed by atoms with van der Waals surface area (Å²) in [4.78, 5) is 29.6. The second-order valence-electron chi connectivity index (χ2n) is 8.19. The first-order valence-corrected chi connectivity index (χ1v) is 12.8. The van der Waals surface area contributed by atoms with Gasteiger partial charge in [-0.1, -0.05) is 77.8 Å². The van der Waals surface area contributed by atoms with Crippen LogP contribution in [0, 0.1) is 0 Å². The van der Waals surface area contributed by atoms with Crippen LogP contribution in [0.2, 0.25) is 10.0 Å². The molecule has 4 nitrogen and oxygen atoms in total. The van der Waals surface area contributed by atoms with Crippen LogP contribution in [0.15, 0.2) is 83.8 Å². The summed E-state index contributed by atoms with van der Waals surface area (Å²) in [6.45, 7) is 3.94. The van der Waals surface area contributed by atoms with E-state index in [4.69, 9.17) is 23.2 Å². The first kappa shape index (κ1) is 26.1. The third kappa shape index (κ3) is 7.52. The van der Waals surface area contributed by atoms with Gasteiger partial charge in [0.25, 0.3) is 0 Å². The lowest BCUT2D eigenvalue weighted by atomic mass is 10.0. The van der Waals surface area contributed by atoms with E-state index in [9.17, 15) is 9.59 Å². The topological polar surface area (TPSA) is 49.4 Å². The molecule has 0 spiro atoms. The van der Waals surface area contributed by atoms with Crippen molar-refractivity contribution < 1.29 is 9.59 Å². The molecule has 2 amide bonds. The van der Waals surface area contributed by atoms with Crippen molar-refractivity contribution in [1.82, 2.24) is 10.2 Å². The fourth-order valence-electron chi connectivity index (χ4n) is 3.53. The van der Waals surface area contributed by atoms with E-state index >= 15 is 0 Å². The highest BCUT2D eigenvalue weighted by Gasteiger charge is 2.31. The van der Waals surface area contributed by atoms with Crippen molar-refractivity contribution in [2.45, 2.75) is 43.8 Å². The fourth-order valence-corrected chi connectivity index (χ4v) is 4.86. The molecule has 7 heteroatoms. The predicted molar refractivity (Wildman–Crippen MR) is 141 cm³/mol. The Morgan fingerprint density at radius 1 is 0.882 bits per heavy atom. The van der Waals surface area contributed by atoms with Crippen LogP contribution in [0.1, 0.15) is 25.0 Å². The van der Waals surface area contributed by atoms with Gasteiger partial charge < -0.3 is 10.2 Å². The van der Waals surface area contributed by atoms with Crippen LogP contribution >= 0.6 is 35.0 Å². The molecule has 0 fully saturated rings. The summed E-state index contributed by atoms with van der Waals surface area (Å²) in [7, 11) is 0. The Labute approximate surface area is 215 Å². The summed E-state index contributed by atoms with van der Waals surface area (Å²) in [5.74, 6) is -0.184. The predicted octanol–water partition coefficient (Wildman–Crippen LogP) is 6.25. The van der Waals surface area contributed by atoms with Crippen LogP contribution in [0.5, 0.6) is 0 Å². The van der Waals surface area contributed by atoms with Gasteiger partial charge in [-0.05, 0) is 43.7 Å². The van der Waals surface area contributed by atoms with Gasteiger partial charge >= 0.3 is 0 Å². The Hall–Kier alpha value is -2.47. The van der Waals surface area contributed by atoms with Gasteiger partial charge in [0.05, 0.1) is 5.75 Å². The van der Waals surface area contributed by atoms with Crippen molar-refractivity contribution in [2.24, 2.45) is 0 Å². The number of hydrogen-bond acceptors (Lipinski definition) is 3. The van der Waals surface area contributed by atoms with Crippen molar-refractivity contribution in [3.63, 3.8) is 0 Å². The third-order valence-corrected chi connectivity index (χ3v) is 6.90. The van der Waals surface area contributed by atoms with Gasteiger partial charge in [-0.15, -0.1) is 11.8 Å². The molecule has 3 aromatic rings. The minimum absolute atomic E-state index is 0.0645. The monoisotopic (exact) mass is 514 g/mol. The quantitative estimate of drug-likeness (QED) is 0.325. The molecular weight excluding hydrogens is 487 g/mol. The lowest BCUT2D eigenvalue weighted by Crippen LogP contribution is -2.52. The molecule has 1 N–H and O–H groups in total. The standard InChI is InChI=1S/C27H28Cl2N2O2S/c1-19(2)30-27(33)25(16-20-10-5-3-6-11-20)31(17-22-23(28)14-9-15-24(22)29)26(32)18-34-21-12-7-4-8-13-21/h3-15,19,25H,16-18H2,1-2H3,(H,30,33). The maximum absolute atomic E-state index is 13.6. The van der Waals surface area contributed by atoms with Crippen LogP contribution in [-0.4, -0.2) is 34.6 Å². The highest BCUT2D eigenvalue weighted by Crippen LogP contribution is 2.28. The van der Waals surface area contributed by atoms with E-state index in [0.717, 1.165) is 10.5 Å². The molecule has 0 radical (unpaired) electrons. The van der Waals surface area contributed by atoms with Gasteiger partial charge in [-0.25, -0.2) is 0 Å². The number of hydrogen-bond donors (Lipinski definition) is 1. The molecule has 0 bridgehead atoms. The fraction of sp³-hybridized carbons (Fsp3) is 0.259. The summed E-state index contributed by atoms with van der Waals surface area (Å²) in [5, 5.41) is 3.91. The van der Waals surface area contributed by atoms with Gasteiger partial charge in [0.15, 0.2) is 0 Å². The zero-order valence-electron chi connectivity index (χ0n) is 19.2. The number of halogens is 2. The number of carbonyl (C=O) groups excluding carboxylic acids is 2. The molecule has 34 heavy (non-hydrogen) atoms. The lowest BCUT2D eigenvalue weighted by Gasteiger charge is -2.32. The van der Waals surface area contributed by atoms with Crippen molar-refractivity contribution in [3.8, 4) is 0 Å². The third-order valence-electron chi connectivity index (χ3n) is 5.20. The lowest BCUT2D eigenvalue weighted by molar-refractivity contribution is -0.139. The Bertz CT molecular complexity index is 1070. The molecule has 0 aliphatic rings. The molecule has 3 rings (SSSR count). The minimum atomic E-state index is -0.721. The first-order chi connectivity index (χ1) is 16.3. The molecule has 1 unspecified atom stereocenters. The highest BCUT2D eigenvalue weighted by molar-refractivity contribution is 8.00. The molecule has 0 aromatic heterocycles. The van der Waals surface area contributed by atoms with Crippen LogP contribution in [0.25, 0.3) is 0 Å². The van der Waals surface area contributed by atoms with Crippen LogP contribution < -0.4 is 5.32 Å². The van der Waals surface area contributed by atoms with E-state index in [-0.39, 0.29) is 30.2 Å². The van der Waals surface area contributed by atoms with Crippen molar-refractivity contribution >= 4 is 46.8 Å².